The average molecular weight is 322 g/mol. The van der Waals surface area contributed by atoms with Crippen molar-refractivity contribution in [3.8, 4) is 0 Å². The molecule has 0 N–H and O–H groups in total. The van der Waals surface area contributed by atoms with Crippen molar-refractivity contribution in [1.29, 1.82) is 0 Å². The third kappa shape index (κ3) is 3.99. The first-order valence-corrected chi connectivity index (χ1v) is 8.12. The molecule has 0 unspecified atom stereocenters. The Hall–Kier alpha value is -2.68. The molecular weight excluding hydrogens is 300 g/mol. The molecule has 0 saturated heterocycles. The molecule has 2 aromatic carbocycles. The van der Waals surface area contributed by atoms with Gasteiger partial charge in [-0.1, -0.05) is 74.5 Å². The number of esters is 1. The number of hydrogen-bond donors (Lipinski definition) is 0. The Morgan fingerprint density at radius 1 is 0.875 bits per heavy atom. The number of Topliss-reactive ketones (excluding diaryl/α,β-unsaturated/α-hetero) is 1. The Morgan fingerprint density at radius 3 is 1.83 bits per heavy atom. The van der Waals surface area contributed by atoms with Gasteiger partial charge in [-0.05, 0) is 18.4 Å². The minimum Gasteiger partial charge on any atom is -0.462 e. The second-order valence-corrected chi connectivity index (χ2v) is 5.73. The molecule has 2 rings (SSSR count). The molecule has 0 fully saturated rings. The second kappa shape index (κ2) is 8.25. The zero-order chi connectivity index (χ0) is 17.5. The van der Waals surface area contributed by atoms with Gasteiger partial charge in [-0.25, -0.2) is 4.79 Å². The summed E-state index contributed by atoms with van der Waals surface area (Å²) in [6, 6.07) is 18.2. The van der Waals surface area contributed by atoms with E-state index in [9.17, 15) is 9.59 Å². The van der Waals surface area contributed by atoms with E-state index in [1.165, 1.54) is 0 Å². The van der Waals surface area contributed by atoms with Crippen LogP contribution >= 0.6 is 0 Å². The molecule has 0 aliphatic heterocycles. The first-order chi connectivity index (χ1) is 11.6. The predicted molar refractivity (Wildman–Crippen MR) is 95.6 cm³/mol. The summed E-state index contributed by atoms with van der Waals surface area (Å²) in [6.45, 7) is 5.85. The van der Waals surface area contributed by atoms with Crippen LogP contribution < -0.4 is 0 Å². The lowest BCUT2D eigenvalue weighted by Crippen LogP contribution is -2.17. The smallest absolute Gasteiger partial charge is 0.339 e. The zero-order valence-corrected chi connectivity index (χ0v) is 14.3. The van der Waals surface area contributed by atoms with Crippen molar-refractivity contribution in [2.75, 3.05) is 6.61 Å². The fourth-order valence-corrected chi connectivity index (χ4v) is 2.60. The van der Waals surface area contributed by atoms with Gasteiger partial charge in [0.15, 0.2) is 5.78 Å². The summed E-state index contributed by atoms with van der Waals surface area (Å²) in [5.74, 6) is -0.716. The summed E-state index contributed by atoms with van der Waals surface area (Å²) >= 11 is 0. The molecule has 124 valence electrons. The van der Waals surface area contributed by atoms with Crippen molar-refractivity contribution >= 4 is 17.3 Å². The summed E-state index contributed by atoms with van der Waals surface area (Å²) < 4.78 is 5.23. The van der Waals surface area contributed by atoms with Crippen LogP contribution in [0, 0.1) is 5.92 Å². The molecule has 3 nitrogen and oxygen atoms in total. The number of rotatable bonds is 6. The van der Waals surface area contributed by atoms with Crippen LogP contribution in [0.3, 0.4) is 0 Å². The molecule has 0 aliphatic carbocycles. The summed E-state index contributed by atoms with van der Waals surface area (Å²) in [7, 11) is 0. The highest BCUT2D eigenvalue weighted by Crippen LogP contribution is 2.28. The number of ether oxygens (including phenoxy) is 1. The predicted octanol–water partition coefficient (Wildman–Crippen LogP) is 4.54. The molecule has 2 aromatic rings. The lowest BCUT2D eigenvalue weighted by atomic mass is 9.87. The summed E-state index contributed by atoms with van der Waals surface area (Å²) in [4.78, 5) is 25.6. The van der Waals surface area contributed by atoms with Crippen LogP contribution in [0.5, 0.6) is 0 Å². The van der Waals surface area contributed by atoms with E-state index in [0.29, 0.717) is 22.3 Å². The lowest BCUT2D eigenvalue weighted by Gasteiger charge is -2.17. The largest absolute Gasteiger partial charge is 0.462 e. The number of carbonyl (C=O) groups is 2. The fourth-order valence-electron chi connectivity index (χ4n) is 2.60. The highest BCUT2D eigenvalue weighted by atomic mass is 16.5. The third-order valence-corrected chi connectivity index (χ3v) is 3.67. The van der Waals surface area contributed by atoms with E-state index in [-0.39, 0.29) is 18.3 Å². The number of hydrogen-bond acceptors (Lipinski definition) is 3. The summed E-state index contributed by atoms with van der Waals surface area (Å²) in [6.07, 6.45) is 0. The van der Waals surface area contributed by atoms with Gasteiger partial charge in [0.1, 0.15) is 0 Å². The molecule has 3 heteroatoms. The molecule has 0 bridgehead atoms. The lowest BCUT2D eigenvalue weighted by molar-refractivity contribution is -0.136. The van der Waals surface area contributed by atoms with Crippen molar-refractivity contribution in [2.45, 2.75) is 20.8 Å². The molecule has 0 spiro atoms. The molecule has 0 aliphatic rings. The Balaban J connectivity index is 2.66. The molecular formula is C21H22O3. The molecule has 24 heavy (non-hydrogen) atoms. The van der Waals surface area contributed by atoms with Crippen LogP contribution in [0.2, 0.25) is 0 Å². The van der Waals surface area contributed by atoms with Gasteiger partial charge in [0.05, 0.1) is 12.2 Å². The van der Waals surface area contributed by atoms with Gasteiger partial charge >= 0.3 is 5.97 Å². The van der Waals surface area contributed by atoms with Crippen LogP contribution in [0.15, 0.2) is 66.2 Å². The van der Waals surface area contributed by atoms with Crippen molar-refractivity contribution in [2.24, 2.45) is 5.92 Å². The van der Waals surface area contributed by atoms with Gasteiger partial charge < -0.3 is 4.74 Å². The second-order valence-electron chi connectivity index (χ2n) is 5.73. The standard InChI is InChI=1S/C21H22O3/c1-4-24-21(23)19(16-11-7-5-8-12-16)18(15(2)3)20(22)17-13-9-6-10-14-17/h5-15H,4H2,1-3H3/b19-18-. The molecule has 0 aromatic heterocycles. The van der Waals surface area contributed by atoms with E-state index in [0.717, 1.165) is 0 Å². The van der Waals surface area contributed by atoms with Gasteiger partial charge in [-0.15, -0.1) is 0 Å². The minimum absolute atomic E-state index is 0.114. The first kappa shape index (κ1) is 17.7. The minimum atomic E-state index is -0.461. The van der Waals surface area contributed by atoms with Crippen molar-refractivity contribution in [1.82, 2.24) is 0 Å². The maximum absolute atomic E-state index is 13.0. The van der Waals surface area contributed by atoms with Crippen LogP contribution in [-0.2, 0) is 9.53 Å². The fraction of sp³-hybridized carbons (Fsp3) is 0.238. The van der Waals surface area contributed by atoms with Crippen molar-refractivity contribution in [3.05, 3.63) is 77.4 Å². The number of allylic oxidation sites excluding steroid dienone is 1. The Morgan fingerprint density at radius 2 is 1.38 bits per heavy atom. The van der Waals surface area contributed by atoms with E-state index in [4.69, 9.17) is 4.74 Å². The van der Waals surface area contributed by atoms with Crippen molar-refractivity contribution < 1.29 is 14.3 Å². The van der Waals surface area contributed by atoms with E-state index < -0.39 is 5.97 Å². The highest BCUT2D eigenvalue weighted by Gasteiger charge is 2.26. The summed E-state index contributed by atoms with van der Waals surface area (Å²) in [5.41, 5.74) is 2.09. The van der Waals surface area contributed by atoms with Crippen LogP contribution in [0.4, 0.5) is 0 Å². The Bertz CT molecular complexity index is 728. The third-order valence-electron chi connectivity index (χ3n) is 3.67. The van der Waals surface area contributed by atoms with Crippen molar-refractivity contribution in [3.63, 3.8) is 0 Å². The quantitative estimate of drug-likeness (QED) is 0.445. The highest BCUT2D eigenvalue weighted by molar-refractivity contribution is 6.26. The SMILES string of the molecule is CCOC(=O)/C(=C(\C(=O)c1ccccc1)C(C)C)c1ccccc1. The average Bonchev–Trinajstić information content (AvgIpc) is 2.60. The molecule has 0 heterocycles. The Kier molecular flexibility index (Phi) is 6.07. The van der Waals surface area contributed by atoms with Gasteiger partial charge in [0.2, 0.25) is 0 Å². The van der Waals surface area contributed by atoms with Gasteiger partial charge in [-0.3, -0.25) is 4.79 Å². The van der Waals surface area contributed by atoms with Gasteiger partial charge in [-0.2, -0.15) is 0 Å². The molecule has 0 atom stereocenters. The normalized spacial score (nSPS) is 11.8. The van der Waals surface area contributed by atoms with Crippen LogP contribution in [0.25, 0.3) is 5.57 Å². The number of ketones is 1. The number of benzene rings is 2. The van der Waals surface area contributed by atoms with Crippen LogP contribution in [0.1, 0.15) is 36.7 Å². The van der Waals surface area contributed by atoms with Gasteiger partial charge in [0.25, 0.3) is 0 Å². The first-order valence-electron chi connectivity index (χ1n) is 8.12. The number of carbonyl (C=O) groups excluding carboxylic acids is 2. The maximum Gasteiger partial charge on any atom is 0.339 e. The van der Waals surface area contributed by atoms with E-state index in [2.05, 4.69) is 0 Å². The van der Waals surface area contributed by atoms with E-state index in [1.54, 1.807) is 19.1 Å². The Labute approximate surface area is 143 Å². The monoisotopic (exact) mass is 322 g/mol. The molecule has 0 saturated carbocycles. The van der Waals surface area contributed by atoms with E-state index in [1.807, 2.05) is 62.4 Å². The zero-order valence-electron chi connectivity index (χ0n) is 14.3. The molecule has 0 radical (unpaired) electrons. The van der Waals surface area contributed by atoms with E-state index >= 15 is 0 Å². The topological polar surface area (TPSA) is 43.4 Å². The van der Waals surface area contributed by atoms with Crippen LogP contribution in [-0.4, -0.2) is 18.4 Å². The maximum atomic E-state index is 13.0. The van der Waals surface area contributed by atoms with Gasteiger partial charge in [0, 0.05) is 11.1 Å². The summed E-state index contributed by atoms with van der Waals surface area (Å²) in [5, 5.41) is 0. The molecule has 0 amide bonds.